The molecule has 0 aliphatic rings. The number of aromatic nitrogens is 2. The third-order valence-corrected chi connectivity index (χ3v) is 1.93. The molecule has 0 amide bonds. The van der Waals surface area contributed by atoms with Gasteiger partial charge in [-0.25, -0.2) is 4.98 Å². The van der Waals surface area contributed by atoms with Gasteiger partial charge in [-0.15, -0.1) is 0 Å². The third-order valence-electron chi connectivity index (χ3n) is 1.93. The van der Waals surface area contributed by atoms with E-state index in [9.17, 15) is 5.11 Å². The van der Waals surface area contributed by atoms with Crippen LogP contribution in [0.5, 0.6) is 0 Å². The molecule has 11 heavy (non-hydrogen) atoms. The van der Waals surface area contributed by atoms with Crippen LogP contribution in [0.3, 0.4) is 0 Å². The summed E-state index contributed by atoms with van der Waals surface area (Å²) in [5.74, 6) is 0. The van der Waals surface area contributed by atoms with Crippen molar-refractivity contribution >= 4 is 0 Å². The van der Waals surface area contributed by atoms with E-state index in [0.717, 1.165) is 0 Å². The number of H-pyrrole nitrogens is 1. The molecule has 0 saturated carbocycles. The highest BCUT2D eigenvalue weighted by Gasteiger charge is 2.28. The minimum atomic E-state index is -1.02. The van der Waals surface area contributed by atoms with E-state index in [-0.39, 0.29) is 6.04 Å². The summed E-state index contributed by atoms with van der Waals surface area (Å²) in [6.45, 7) is 3.41. The fourth-order valence-electron chi connectivity index (χ4n) is 0.778. The van der Waals surface area contributed by atoms with Crippen LogP contribution in [0, 0.1) is 0 Å². The molecule has 0 spiro atoms. The summed E-state index contributed by atoms with van der Waals surface area (Å²) in [6.07, 6.45) is 3.09. The monoisotopic (exact) mass is 155 g/mol. The molecule has 0 radical (unpaired) electrons. The molecule has 1 heterocycles. The van der Waals surface area contributed by atoms with Crippen molar-refractivity contribution in [1.82, 2.24) is 9.97 Å². The van der Waals surface area contributed by atoms with Gasteiger partial charge in [0.05, 0.1) is 18.2 Å². The van der Waals surface area contributed by atoms with Gasteiger partial charge in [0.2, 0.25) is 0 Å². The number of nitrogens with two attached hydrogens (primary N) is 1. The lowest BCUT2D eigenvalue weighted by Crippen LogP contribution is -2.40. The van der Waals surface area contributed by atoms with Crippen molar-refractivity contribution in [3.63, 3.8) is 0 Å². The number of hydrogen-bond donors (Lipinski definition) is 3. The second-order valence-electron chi connectivity index (χ2n) is 2.90. The van der Waals surface area contributed by atoms with Crippen LogP contribution >= 0.6 is 0 Å². The van der Waals surface area contributed by atoms with Gasteiger partial charge in [0.15, 0.2) is 0 Å². The Morgan fingerprint density at radius 2 is 2.45 bits per heavy atom. The molecule has 2 atom stereocenters. The molecular weight excluding hydrogens is 142 g/mol. The van der Waals surface area contributed by atoms with E-state index >= 15 is 0 Å². The largest absolute Gasteiger partial charge is 0.382 e. The quantitative estimate of drug-likeness (QED) is 0.561. The van der Waals surface area contributed by atoms with Gasteiger partial charge in [0, 0.05) is 6.04 Å². The zero-order chi connectivity index (χ0) is 8.48. The highest BCUT2D eigenvalue weighted by molar-refractivity contribution is 5.09. The Labute approximate surface area is 65.5 Å². The molecule has 1 aromatic rings. The van der Waals surface area contributed by atoms with Crippen molar-refractivity contribution in [2.24, 2.45) is 5.73 Å². The molecule has 0 fully saturated rings. The van der Waals surface area contributed by atoms with Crippen molar-refractivity contribution in [1.29, 1.82) is 0 Å². The maximum Gasteiger partial charge on any atom is 0.118 e. The van der Waals surface area contributed by atoms with Crippen molar-refractivity contribution < 1.29 is 5.11 Å². The number of hydrogen-bond acceptors (Lipinski definition) is 3. The third kappa shape index (κ3) is 1.41. The van der Waals surface area contributed by atoms with Gasteiger partial charge in [0.1, 0.15) is 5.60 Å². The maximum atomic E-state index is 9.76. The first kappa shape index (κ1) is 8.23. The predicted molar refractivity (Wildman–Crippen MR) is 41.8 cm³/mol. The summed E-state index contributed by atoms with van der Waals surface area (Å²) >= 11 is 0. The van der Waals surface area contributed by atoms with Crippen LogP contribution < -0.4 is 5.73 Å². The molecule has 0 saturated heterocycles. The van der Waals surface area contributed by atoms with E-state index in [1.807, 2.05) is 0 Å². The predicted octanol–water partition coefficient (Wildman–Crippen LogP) is -0.0356. The lowest BCUT2D eigenvalue weighted by molar-refractivity contribution is 0.0310. The van der Waals surface area contributed by atoms with Crippen molar-refractivity contribution in [3.8, 4) is 0 Å². The maximum absolute atomic E-state index is 9.76. The summed E-state index contributed by atoms with van der Waals surface area (Å²) < 4.78 is 0. The van der Waals surface area contributed by atoms with E-state index in [1.165, 1.54) is 6.33 Å². The van der Waals surface area contributed by atoms with Gasteiger partial charge in [-0.1, -0.05) is 0 Å². The number of nitrogens with one attached hydrogen (secondary N) is 1. The molecule has 0 bridgehead atoms. The topological polar surface area (TPSA) is 74.9 Å². The minimum Gasteiger partial charge on any atom is -0.382 e. The number of aromatic amines is 1. The first-order chi connectivity index (χ1) is 5.05. The summed E-state index contributed by atoms with van der Waals surface area (Å²) in [7, 11) is 0. The fourth-order valence-corrected chi connectivity index (χ4v) is 0.778. The van der Waals surface area contributed by atoms with Crippen molar-refractivity contribution in [3.05, 3.63) is 18.2 Å². The van der Waals surface area contributed by atoms with Crippen LogP contribution in [-0.4, -0.2) is 21.1 Å². The normalized spacial score (nSPS) is 19.3. The molecule has 62 valence electrons. The minimum absolute atomic E-state index is 0.317. The number of rotatable bonds is 2. The van der Waals surface area contributed by atoms with Gasteiger partial charge in [-0.3, -0.25) is 0 Å². The number of aliphatic hydroxyl groups is 1. The lowest BCUT2D eigenvalue weighted by atomic mass is 9.95. The average molecular weight is 155 g/mol. The van der Waals surface area contributed by atoms with Gasteiger partial charge in [-0.05, 0) is 13.8 Å². The molecule has 1 rings (SSSR count). The number of nitrogens with zero attached hydrogens (tertiary/aromatic N) is 1. The Balaban J connectivity index is 2.90. The highest BCUT2D eigenvalue weighted by Crippen LogP contribution is 2.19. The van der Waals surface area contributed by atoms with E-state index in [4.69, 9.17) is 5.73 Å². The molecule has 4 nitrogen and oxygen atoms in total. The smallest absolute Gasteiger partial charge is 0.118 e. The van der Waals surface area contributed by atoms with Gasteiger partial charge in [-0.2, -0.15) is 0 Å². The zero-order valence-corrected chi connectivity index (χ0v) is 6.70. The van der Waals surface area contributed by atoms with E-state index in [1.54, 1.807) is 20.0 Å². The SMILES string of the molecule is CC(N)C(C)(O)c1cnc[nH]1. The standard InChI is InChI=1S/C7H13N3O/c1-5(8)7(2,11)6-3-9-4-10-6/h3-5,11H,8H2,1-2H3,(H,9,10). The Hall–Kier alpha value is -0.870. The average Bonchev–Trinajstić information content (AvgIpc) is 2.37. The van der Waals surface area contributed by atoms with Crippen LogP contribution in [0.15, 0.2) is 12.5 Å². The Kier molecular flexibility index (Phi) is 1.97. The van der Waals surface area contributed by atoms with Crippen LogP contribution in [0.2, 0.25) is 0 Å². The highest BCUT2D eigenvalue weighted by atomic mass is 16.3. The molecule has 4 N–H and O–H groups in total. The van der Waals surface area contributed by atoms with E-state index in [2.05, 4.69) is 9.97 Å². The van der Waals surface area contributed by atoms with E-state index in [0.29, 0.717) is 5.69 Å². The second-order valence-corrected chi connectivity index (χ2v) is 2.90. The van der Waals surface area contributed by atoms with Crippen molar-refractivity contribution in [2.75, 3.05) is 0 Å². The number of imidazole rings is 1. The molecule has 1 aromatic heterocycles. The van der Waals surface area contributed by atoms with Crippen LogP contribution in [0.25, 0.3) is 0 Å². The van der Waals surface area contributed by atoms with Gasteiger partial charge >= 0.3 is 0 Å². The van der Waals surface area contributed by atoms with Crippen LogP contribution in [-0.2, 0) is 5.60 Å². The fraction of sp³-hybridized carbons (Fsp3) is 0.571. The Morgan fingerprint density at radius 3 is 2.82 bits per heavy atom. The zero-order valence-electron chi connectivity index (χ0n) is 6.70. The molecule has 2 unspecified atom stereocenters. The van der Waals surface area contributed by atoms with E-state index < -0.39 is 5.60 Å². The molecular formula is C7H13N3O. The molecule has 0 aromatic carbocycles. The first-order valence-electron chi connectivity index (χ1n) is 3.52. The molecule has 0 aliphatic heterocycles. The molecule has 4 heteroatoms. The summed E-state index contributed by atoms with van der Waals surface area (Å²) in [5, 5.41) is 9.76. The Morgan fingerprint density at radius 1 is 1.82 bits per heavy atom. The summed E-state index contributed by atoms with van der Waals surface area (Å²) in [4.78, 5) is 6.62. The molecule has 0 aliphatic carbocycles. The lowest BCUT2D eigenvalue weighted by Gasteiger charge is -2.25. The van der Waals surface area contributed by atoms with Crippen LogP contribution in [0.4, 0.5) is 0 Å². The Bertz CT molecular complexity index is 216. The van der Waals surface area contributed by atoms with Crippen molar-refractivity contribution in [2.45, 2.75) is 25.5 Å². The second kappa shape index (κ2) is 2.64. The van der Waals surface area contributed by atoms with Gasteiger partial charge in [0.25, 0.3) is 0 Å². The van der Waals surface area contributed by atoms with Gasteiger partial charge < -0.3 is 15.8 Å². The summed E-state index contributed by atoms with van der Waals surface area (Å²) in [6, 6.07) is -0.317. The van der Waals surface area contributed by atoms with Crippen LogP contribution in [0.1, 0.15) is 19.5 Å². The summed E-state index contributed by atoms with van der Waals surface area (Å²) in [5.41, 5.74) is 5.19. The first-order valence-corrected chi connectivity index (χ1v) is 3.52.